The number of nitrogens with two attached hydrogens (primary N) is 2. The van der Waals surface area contributed by atoms with Crippen molar-refractivity contribution < 1.29 is 0 Å². The van der Waals surface area contributed by atoms with Crippen molar-refractivity contribution in [1.82, 2.24) is 9.88 Å². The lowest BCUT2D eigenvalue weighted by Gasteiger charge is -2.30. The second-order valence-corrected chi connectivity index (χ2v) is 6.92. The maximum Gasteiger partial charge on any atom is 0.131 e. The lowest BCUT2D eigenvalue weighted by atomic mass is 9.98. The number of nitrogens with zero attached hydrogens (tertiary/aromatic N) is 2. The van der Waals surface area contributed by atoms with Crippen molar-refractivity contribution in [3.8, 4) is 11.1 Å². The van der Waals surface area contributed by atoms with Crippen LogP contribution in [0.4, 0.5) is 5.82 Å². The zero-order chi connectivity index (χ0) is 17.2. The van der Waals surface area contributed by atoms with Crippen LogP contribution in [0.1, 0.15) is 18.4 Å². The highest BCUT2D eigenvalue weighted by atomic mass is 15.1. The molecule has 1 aliphatic heterocycles. The molecule has 2 heterocycles. The molecule has 4 N–H and O–H groups in total. The van der Waals surface area contributed by atoms with Crippen molar-refractivity contribution in [2.45, 2.75) is 25.4 Å². The van der Waals surface area contributed by atoms with Crippen LogP contribution in [0.25, 0.3) is 21.9 Å². The molecule has 4 heteroatoms. The Labute approximate surface area is 148 Å². The van der Waals surface area contributed by atoms with Crippen LogP contribution in [0.15, 0.2) is 54.7 Å². The summed E-state index contributed by atoms with van der Waals surface area (Å²) in [4.78, 5) is 6.87. The van der Waals surface area contributed by atoms with Gasteiger partial charge in [0, 0.05) is 29.7 Å². The first kappa shape index (κ1) is 16.1. The van der Waals surface area contributed by atoms with Gasteiger partial charge in [-0.1, -0.05) is 42.5 Å². The van der Waals surface area contributed by atoms with Crippen molar-refractivity contribution in [2.24, 2.45) is 5.73 Å². The van der Waals surface area contributed by atoms with Crippen LogP contribution in [0, 0.1) is 0 Å². The summed E-state index contributed by atoms with van der Waals surface area (Å²) in [5, 5.41) is 2.19. The van der Waals surface area contributed by atoms with E-state index < -0.39 is 0 Å². The number of nitrogen functional groups attached to an aromatic ring is 1. The zero-order valence-corrected chi connectivity index (χ0v) is 14.4. The highest BCUT2D eigenvalue weighted by Crippen LogP contribution is 2.31. The van der Waals surface area contributed by atoms with Crippen molar-refractivity contribution >= 4 is 16.6 Å². The molecule has 1 aromatic heterocycles. The Balaban J connectivity index is 1.71. The fourth-order valence-corrected chi connectivity index (χ4v) is 3.63. The molecule has 0 aliphatic carbocycles. The minimum Gasteiger partial charge on any atom is -0.383 e. The van der Waals surface area contributed by atoms with Gasteiger partial charge in [0.15, 0.2) is 0 Å². The molecule has 25 heavy (non-hydrogen) atoms. The van der Waals surface area contributed by atoms with Crippen molar-refractivity contribution in [3.05, 3.63) is 60.3 Å². The van der Waals surface area contributed by atoms with E-state index in [0.717, 1.165) is 43.4 Å². The first-order valence-corrected chi connectivity index (χ1v) is 8.91. The maximum atomic E-state index is 6.12. The molecule has 4 rings (SSSR count). The van der Waals surface area contributed by atoms with E-state index in [-0.39, 0.29) is 0 Å². The standard InChI is InChI=1S/C21H24N4/c22-17-8-10-25(11-9-17)14-15-6-7-18-19(12-15)20(13-24-21(18)23)16-4-2-1-3-5-16/h1-7,12-13,17H,8-11,14,22H2,(H2,23,24). The third-order valence-corrected chi connectivity index (χ3v) is 5.11. The van der Waals surface area contributed by atoms with Crippen molar-refractivity contribution in [3.63, 3.8) is 0 Å². The van der Waals surface area contributed by atoms with Crippen LogP contribution in [0.5, 0.6) is 0 Å². The van der Waals surface area contributed by atoms with Gasteiger partial charge < -0.3 is 11.5 Å². The lowest BCUT2D eigenvalue weighted by molar-refractivity contribution is 0.206. The van der Waals surface area contributed by atoms with Gasteiger partial charge >= 0.3 is 0 Å². The maximum absolute atomic E-state index is 6.12. The Morgan fingerprint density at radius 1 is 1.00 bits per heavy atom. The molecule has 0 spiro atoms. The predicted octanol–water partition coefficient (Wildman–Crippen LogP) is 3.41. The summed E-state index contributed by atoms with van der Waals surface area (Å²) >= 11 is 0. The normalized spacial score (nSPS) is 16.4. The Bertz CT molecular complexity index is 868. The number of piperidine rings is 1. The number of likely N-dealkylation sites (tertiary alicyclic amines) is 1. The summed E-state index contributed by atoms with van der Waals surface area (Å²) in [6.45, 7) is 3.10. The van der Waals surface area contributed by atoms with E-state index in [9.17, 15) is 0 Å². The Hall–Kier alpha value is -2.43. The lowest BCUT2D eigenvalue weighted by Crippen LogP contribution is -2.39. The number of aromatic nitrogens is 1. The van der Waals surface area contributed by atoms with Crippen LogP contribution in [0.3, 0.4) is 0 Å². The number of rotatable bonds is 3. The monoisotopic (exact) mass is 332 g/mol. The van der Waals surface area contributed by atoms with E-state index in [4.69, 9.17) is 11.5 Å². The number of hydrogen-bond donors (Lipinski definition) is 2. The Morgan fingerprint density at radius 3 is 2.52 bits per heavy atom. The second kappa shape index (κ2) is 6.82. The zero-order valence-electron chi connectivity index (χ0n) is 14.4. The minimum absolute atomic E-state index is 0.364. The van der Waals surface area contributed by atoms with Gasteiger partial charge in [-0.25, -0.2) is 4.98 Å². The molecule has 128 valence electrons. The number of fused-ring (bicyclic) bond motifs is 1. The first-order chi connectivity index (χ1) is 12.2. The van der Waals surface area contributed by atoms with Gasteiger partial charge in [0.2, 0.25) is 0 Å². The van der Waals surface area contributed by atoms with E-state index in [1.807, 2.05) is 12.3 Å². The molecule has 3 aromatic rings. The van der Waals surface area contributed by atoms with Crippen LogP contribution in [-0.2, 0) is 6.54 Å². The summed E-state index contributed by atoms with van der Waals surface area (Å²) in [5.41, 5.74) is 15.7. The van der Waals surface area contributed by atoms with Gasteiger partial charge in [0.05, 0.1) is 0 Å². The van der Waals surface area contributed by atoms with E-state index in [1.54, 1.807) is 0 Å². The number of pyridine rings is 1. The largest absolute Gasteiger partial charge is 0.383 e. The quantitative estimate of drug-likeness (QED) is 0.771. The fourth-order valence-electron chi connectivity index (χ4n) is 3.63. The molecule has 0 atom stereocenters. The molecule has 0 radical (unpaired) electrons. The van der Waals surface area contributed by atoms with E-state index in [2.05, 4.69) is 52.3 Å². The molecule has 0 unspecified atom stereocenters. The molecule has 0 saturated carbocycles. The summed E-state index contributed by atoms with van der Waals surface area (Å²) in [7, 11) is 0. The van der Waals surface area contributed by atoms with Gasteiger partial charge in [-0.2, -0.15) is 0 Å². The molecule has 4 nitrogen and oxygen atoms in total. The molecule has 1 aliphatic rings. The average Bonchev–Trinajstić information content (AvgIpc) is 2.65. The van der Waals surface area contributed by atoms with Crippen molar-refractivity contribution in [2.75, 3.05) is 18.8 Å². The molecule has 0 amide bonds. The van der Waals surface area contributed by atoms with E-state index in [1.165, 1.54) is 16.5 Å². The van der Waals surface area contributed by atoms with Crippen LogP contribution < -0.4 is 11.5 Å². The van der Waals surface area contributed by atoms with E-state index >= 15 is 0 Å². The summed E-state index contributed by atoms with van der Waals surface area (Å²) < 4.78 is 0. The molecular formula is C21H24N4. The number of benzene rings is 2. The average molecular weight is 332 g/mol. The first-order valence-electron chi connectivity index (χ1n) is 8.91. The van der Waals surface area contributed by atoms with Crippen LogP contribution >= 0.6 is 0 Å². The second-order valence-electron chi connectivity index (χ2n) is 6.92. The Morgan fingerprint density at radius 2 is 1.76 bits per heavy atom. The number of anilines is 1. The third-order valence-electron chi connectivity index (χ3n) is 5.11. The topological polar surface area (TPSA) is 68.2 Å². The van der Waals surface area contributed by atoms with Crippen LogP contribution in [0.2, 0.25) is 0 Å². The molecule has 1 fully saturated rings. The van der Waals surface area contributed by atoms with Gasteiger partial charge in [-0.05, 0) is 48.5 Å². The minimum atomic E-state index is 0.364. The summed E-state index contributed by atoms with van der Waals surface area (Å²) in [5.74, 6) is 0.588. The SMILES string of the molecule is Nc1ncc(-c2ccccc2)c2cc(CN3CCC(N)CC3)ccc12. The number of hydrogen-bond acceptors (Lipinski definition) is 4. The Kier molecular flexibility index (Phi) is 4.38. The fraction of sp³-hybridized carbons (Fsp3) is 0.286. The third kappa shape index (κ3) is 3.36. The summed E-state index contributed by atoms with van der Waals surface area (Å²) in [6, 6.07) is 17.3. The van der Waals surface area contributed by atoms with Gasteiger partial charge in [0.25, 0.3) is 0 Å². The molecule has 1 saturated heterocycles. The highest BCUT2D eigenvalue weighted by molar-refractivity contribution is 6.01. The molecule has 2 aromatic carbocycles. The summed E-state index contributed by atoms with van der Waals surface area (Å²) in [6.07, 6.45) is 4.05. The van der Waals surface area contributed by atoms with E-state index in [0.29, 0.717) is 11.9 Å². The molecular weight excluding hydrogens is 308 g/mol. The van der Waals surface area contributed by atoms with Gasteiger partial charge in [-0.3, -0.25) is 4.90 Å². The van der Waals surface area contributed by atoms with Gasteiger partial charge in [0.1, 0.15) is 5.82 Å². The van der Waals surface area contributed by atoms with Gasteiger partial charge in [-0.15, -0.1) is 0 Å². The highest BCUT2D eigenvalue weighted by Gasteiger charge is 2.16. The molecule has 0 bridgehead atoms. The predicted molar refractivity (Wildman–Crippen MR) is 104 cm³/mol. The van der Waals surface area contributed by atoms with Crippen molar-refractivity contribution in [1.29, 1.82) is 0 Å². The smallest absolute Gasteiger partial charge is 0.131 e. The van der Waals surface area contributed by atoms with Crippen LogP contribution in [-0.4, -0.2) is 29.0 Å².